The summed E-state index contributed by atoms with van der Waals surface area (Å²) in [7, 11) is 2.00. The van der Waals surface area contributed by atoms with E-state index in [-0.39, 0.29) is 5.60 Å². The van der Waals surface area contributed by atoms with E-state index in [1.807, 2.05) is 7.05 Å². The van der Waals surface area contributed by atoms with E-state index in [1.54, 1.807) is 0 Å². The Bertz CT molecular complexity index is 442. The monoisotopic (exact) mass is 291 g/mol. The number of nitrogens with one attached hydrogen (secondary N) is 1. The molecular formula is C17H25NOS. The van der Waals surface area contributed by atoms with E-state index in [0.717, 1.165) is 18.4 Å². The zero-order chi connectivity index (χ0) is 13.8. The van der Waals surface area contributed by atoms with Gasteiger partial charge in [-0.2, -0.15) is 0 Å². The third-order valence-electron chi connectivity index (χ3n) is 4.54. The van der Waals surface area contributed by atoms with Gasteiger partial charge < -0.3 is 10.1 Å². The average Bonchev–Trinajstić information content (AvgIpc) is 2.87. The largest absolute Gasteiger partial charge is 0.375 e. The summed E-state index contributed by atoms with van der Waals surface area (Å²) in [5.74, 6) is 0. The first-order valence-electron chi connectivity index (χ1n) is 7.84. The summed E-state index contributed by atoms with van der Waals surface area (Å²) in [6.45, 7) is 1.90. The molecule has 1 aromatic carbocycles. The molecule has 3 heteroatoms. The summed E-state index contributed by atoms with van der Waals surface area (Å²) in [5.41, 5.74) is 1.61. The van der Waals surface area contributed by atoms with Gasteiger partial charge in [0.2, 0.25) is 0 Å². The van der Waals surface area contributed by atoms with E-state index >= 15 is 0 Å². The quantitative estimate of drug-likeness (QED) is 0.906. The fourth-order valence-corrected chi connectivity index (χ4v) is 4.94. The first-order valence-corrected chi connectivity index (χ1v) is 8.72. The molecule has 0 amide bonds. The van der Waals surface area contributed by atoms with Gasteiger partial charge in [0.05, 0.1) is 5.60 Å². The summed E-state index contributed by atoms with van der Waals surface area (Å²) in [6.07, 6.45) is 7.72. The molecule has 1 atom stereocenters. The van der Waals surface area contributed by atoms with Crippen LogP contribution in [0.15, 0.2) is 29.2 Å². The SMILES string of the molecule is CNCc1cccc(SC2CCOC3(CCCC3)C2)c1. The van der Waals surface area contributed by atoms with Gasteiger partial charge in [0.15, 0.2) is 0 Å². The van der Waals surface area contributed by atoms with Crippen LogP contribution in [0.25, 0.3) is 0 Å². The van der Waals surface area contributed by atoms with E-state index in [1.165, 1.54) is 49.0 Å². The van der Waals surface area contributed by atoms with Crippen molar-refractivity contribution in [2.75, 3.05) is 13.7 Å². The maximum Gasteiger partial charge on any atom is 0.0693 e. The maximum atomic E-state index is 6.13. The van der Waals surface area contributed by atoms with Crippen molar-refractivity contribution >= 4 is 11.8 Å². The molecule has 1 saturated heterocycles. The number of benzene rings is 1. The maximum absolute atomic E-state index is 6.13. The molecule has 0 aromatic heterocycles. The first-order chi connectivity index (χ1) is 9.80. The molecule has 1 saturated carbocycles. The van der Waals surface area contributed by atoms with Crippen molar-refractivity contribution < 1.29 is 4.74 Å². The summed E-state index contributed by atoms with van der Waals surface area (Å²) in [4.78, 5) is 1.41. The molecule has 2 aliphatic rings. The second-order valence-electron chi connectivity index (χ2n) is 6.15. The Morgan fingerprint density at radius 3 is 3.00 bits per heavy atom. The Kier molecular flexibility index (Phi) is 4.69. The highest BCUT2D eigenvalue weighted by Gasteiger charge is 2.40. The fourth-order valence-electron chi connectivity index (χ4n) is 3.58. The molecule has 1 aliphatic carbocycles. The Morgan fingerprint density at radius 1 is 1.35 bits per heavy atom. The van der Waals surface area contributed by atoms with Crippen LogP contribution >= 0.6 is 11.8 Å². The molecule has 1 spiro atoms. The van der Waals surface area contributed by atoms with Crippen molar-refractivity contribution in [2.45, 2.75) is 60.8 Å². The van der Waals surface area contributed by atoms with Crippen LogP contribution in [0.3, 0.4) is 0 Å². The lowest BCUT2D eigenvalue weighted by Crippen LogP contribution is -2.38. The number of ether oxygens (including phenoxy) is 1. The van der Waals surface area contributed by atoms with Gasteiger partial charge in [-0.15, -0.1) is 11.8 Å². The van der Waals surface area contributed by atoms with Gasteiger partial charge in [0, 0.05) is 23.3 Å². The molecule has 2 nitrogen and oxygen atoms in total. The van der Waals surface area contributed by atoms with Gasteiger partial charge in [0.25, 0.3) is 0 Å². The van der Waals surface area contributed by atoms with Crippen LogP contribution < -0.4 is 5.32 Å². The van der Waals surface area contributed by atoms with Crippen LogP contribution in [0.2, 0.25) is 0 Å². The smallest absolute Gasteiger partial charge is 0.0693 e. The minimum atomic E-state index is 0.235. The zero-order valence-electron chi connectivity index (χ0n) is 12.4. The highest BCUT2D eigenvalue weighted by molar-refractivity contribution is 8.00. The Morgan fingerprint density at radius 2 is 2.20 bits per heavy atom. The van der Waals surface area contributed by atoms with E-state index in [9.17, 15) is 0 Å². The minimum absolute atomic E-state index is 0.235. The topological polar surface area (TPSA) is 21.3 Å². The van der Waals surface area contributed by atoms with Crippen molar-refractivity contribution in [3.8, 4) is 0 Å². The van der Waals surface area contributed by atoms with Crippen LogP contribution in [0.1, 0.15) is 44.1 Å². The van der Waals surface area contributed by atoms with Crippen molar-refractivity contribution in [2.24, 2.45) is 0 Å². The second kappa shape index (κ2) is 6.50. The number of hydrogen-bond donors (Lipinski definition) is 1. The lowest BCUT2D eigenvalue weighted by molar-refractivity contribution is -0.0703. The van der Waals surface area contributed by atoms with Crippen LogP contribution in [-0.4, -0.2) is 24.5 Å². The van der Waals surface area contributed by atoms with Crippen LogP contribution in [-0.2, 0) is 11.3 Å². The normalized spacial score (nSPS) is 25.1. The molecule has 3 rings (SSSR count). The number of thioether (sulfide) groups is 1. The molecule has 1 heterocycles. The third-order valence-corrected chi connectivity index (χ3v) is 5.81. The molecule has 20 heavy (non-hydrogen) atoms. The molecule has 1 N–H and O–H groups in total. The second-order valence-corrected chi connectivity index (χ2v) is 7.52. The lowest BCUT2D eigenvalue weighted by atomic mass is 9.92. The molecular weight excluding hydrogens is 266 g/mol. The predicted octanol–water partition coefficient (Wildman–Crippen LogP) is 3.99. The lowest BCUT2D eigenvalue weighted by Gasteiger charge is -2.38. The van der Waals surface area contributed by atoms with E-state index in [0.29, 0.717) is 0 Å². The average molecular weight is 291 g/mol. The Balaban J connectivity index is 1.63. The molecule has 0 radical (unpaired) electrons. The highest BCUT2D eigenvalue weighted by Crippen LogP contribution is 2.44. The zero-order valence-corrected chi connectivity index (χ0v) is 13.2. The van der Waals surface area contributed by atoms with Crippen LogP contribution in [0, 0.1) is 0 Å². The molecule has 1 unspecified atom stereocenters. The van der Waals surface area contributed by atoms with Crippen molar-refractivity contribution in [3.63, 3.8) is 0 Å². The van der Waals surface area contributed by atoms with Crippen LogP contribution in [0.5, 0.6) is 0 Å². The fraction of sp³-hybridized carbons (Fsp3) is 0.647. The number of rotatable bonds is 4. The third kappa shape index (κ3) is 3.38. The number of hydrogen-bond acceptors (Lipinski definition) is 3. The van der Waals surface area contributed by atoms with E-state index in [4.69, 9.17) is 4.74 Å². The Labute approximate surface area is 126 Å². The summed E-state index contributed by atoms with van der Waals surface area (Å²) in [5, 5.41) is 3.95. The molecule has 0 bridgehead atoms. The standard InChI is InChI=1S/C17H25NOS/c1-18-13-14-5-4-6-15(11-14)20-16-7-10-19-17(12-16)8-2-3-9-17/h4-6,11,16,18H,2-3,7-10,12-13H2,1H3. The van der Waals surface area contributed by atoms with Crippen LogP contribution in [0.4, 0.5) is 0 Å². The van der Waals surface area contributed by atoms with E-state index in [2.05, 4.69) is 41.3 Å². The summed E-state index contributed by atoms with van der Waals surface area (Å²) >= 11 is 2.06. The molecule has 1 aliphatic heterocycles. The van der Waals surface area contributed by atoms with Gasteiger partial charge in [-0.25, -0.2) is 0 Å². The van der Waals surface area contributed by atoms with Gasteiger partial charge in [-0.1, -0.05) is 25.0 Å². The Hall–Kier alpha value is -0.510. The van der Waals surface area contributed by atoms with Crippen molar-refractivity contribution in [1.29, 1.82) is 0 Å². The molecule has 110 valence electrons. The van der Waals surface area contributed by atoms with Gasteiger partial charge in [-0.3, -0.25) is 0 Å². The van der Waals surface area contributed by atoms with Gasteiger partial charge in [-0.05, 0) is 50.4 Å². The van der Waals surface area contributed by atoms with Crippen molar-refractivity contribution in [1.82, 2.24) is 5.32 Å². The minimum Gasteiger partial charge on any atom is -0.375 e. The first kappa shape index (κ1) is 14.4. The highest BCUT2D eigenvalue weighted by atomic mass is 32.2. The van der Waals surface area contributed by atoms with Gasteiger partial charge >= 0.3 is 0 Å². The van der Waals surface area contributed by atoms with Crippen molar-refractivity contribution in [3.05, 3.63) is 29.8 Å². The summed E-state index contributed by atoms with van der Waals surface area (Å²) in [6, 6.07) is 8.96. The predicted molar refractivity (Wildman–Crippen MR) is 85.2 cm³/mol. The summed E-state index contributed by atoms with van der Waals surface area (Å²) < 4.78 is 6.13. The molecule has 2 fully saturated rings. The van der Waals surface area contributed by atoms with E-state index < -0.39 is 0 Å². The van der Waals surface area contributed by atoms with Gasteiger partial charge in [0.1, 0.15) is 0 Å². The molecule has 1 aromatic rings.